The van der Waals surface area contributed by atoms with E-state index in [0.717, 1.165) is 27.6 Å². The molecule has 0 bridgehead atoms. The number of thiophene rings is 2. The van der Waals surface area contributed by atoms with Crippen molar-refractivity contribution in [1.29, 1.82) is 0 Å². The minimum atomic E-state index is 0.155. The number of benzene rings is 4. The molecule has 0 saturated heterocycles. The van der Waals surface area contributed by atoms with Crippen LogP contribution in [0, 0.1) is 0 Å². The molecular weight excluding hydrogens is 515 g/mol. The molecule has 0 spiro atoms. The van der Waals surface area contributed by atoms with Gasteiger partial charge < -0.3 is 4.42 Å². The van der Waals surface area contributed by atoms with Gasteiger partial charge in [-0.15, -0.1) is 22.7 Å². The van der Waals surface area contributed by atoms with Crippen molar-refractivity contribution in [1.82, 2.24) is 4.98 Å². The predicted molar refractivity (Wildman–Crippen MR) is 168 cm³/mol. The van der Waals surface area contributed by atoms with Crippen LogP contribution in [0.5, 0.6) is 0 Å². The van der Waals surface area contributed by atoms with E-state index in [-0.39, 0.29) is 6.71 Å². The quantitative estimate of drug-likeness (QED) is 0.213. The molecular formula is C33H19BN2OS2. The van der Waals surface area contributed by atoms with E-state index in [1.165, 1.54) is 46.6 Å². The van der Waals surface area contributed by atoms with E-state index >= 15 is 0 Å². The van der Waals surface area contributed by atoms with Gasteiger partial charge in [0, 0.05) is 38.3 Å². The number of aromatic nitrogens is 1. The first-order valence-electron chi connectivity index (χ1n) is 13.0. The SMILES string of the molecule is c1ccc(B2c3c(sc4ccccc34)N(c3ccc4oc5ccncc5c4c3)c3sc4ccccc4c32)cc1. The van der Waals surface area contributed by atoms with Gasteiger partial charge in [0.25, 0.3) is 6.71 Å². The third-order valence-corrected chi connectivity index (χ3v) is 10.2. The predicted octanol–water partition coefficient (Wildman–Crippen LogP) is 7.71. The van der Waals surface area contributed by atoms with Crippen molar-refractivity contribution < 1.29 is 4.42 Å². The Bertz CT molecular complexity index is 2130. The molecule has 0 aliphatic carbocycles. The molecule has 3 nitrogen and oxygen atoms in total. The maximum Gasteiger partial charge on any atom is 0.250 e. The first-order valence-corrected chi connectivity index (χ1v) is 14.6. The number of pyridine rings is 1. The van der Waals surface area contributed by atoms with Gasteiger partial charge in [-0.1, -0.05) is 72.2 Å². The summed E-state index contributed by atoms with van der Waals surface area (Å²) in [6.07, 6.45) is 3.69. The molecule has 1 aliphatic heterocycles. The lowest BCUT2D eigenvalue weighted by Crippen LogP contribution is -2.56. The second-order valence-corrected chi connectivity index (χ2v) is 12.0. The third-order valence-electron chi connectivity index (χ3n) is 7.86. The molecule has 1 aliphatic rings. The Balaban J connectivity index is 1.41. The van der Waals surface area contributed by atoms with E-state index in [4.69, 9.17) is 4.42 Å². The molecule has 0 N–H and O–H groups in total. The van der Waals surface area contributed by atoms with E-state index in [9.17, 15) is 0 Å². The Kier molecular flexibility index (Phi) is 4.45. The molecule has 0 atom stereocenters. The Morgan fingerprint density at radius 1 is 0.615 bits per heavy atom. The van der Waals surface area contributed by atoms with Gasteiger partial charge in [0.05, 0.1) is 10.0 Å². The van der Waals surface area contributed by atoms with Crippen LogP contribution < -0.4 is 21.3 Å². The summed E-state index contributed by atoms with van der Waals surface area (Å²) >= 11 is 3.76. The van der Waals surface area contributed by atoms with Gasteiger partial charge in [-0.3, -0.25) is 9.88 Å². The van der Waals surface area contributed by atoms with Crippen molar-refractivity contribution in [2.75, 3.05) is 4.90 Å². The molecule has 0 amide bonds. The fourth-order valence-corrected chi connectivity index (χ4v) is 8.79. The van der Waals surface area contributed by atoms with E-state index in [1.807, 2.05) is 34.9 Å². The van der Waals surface area contributed by atoms with Crippen molar-refractivity contribution in [3.63, 3.8) is 0 Å². The van der Waals surface area contributed by atoms with Crippen LogP contribution in [0.3, 0.4) is 0 Å². The number of hydrogen-bond acceptors (Lipinski definition) is 5. The summed E-state index contributed by atoms with van der Waals surface area (Å²) in [4.78, 5) is 6.88. The van der Waals surface area contributed by atoms with Gasteiger partial charge >= 0.3 is 0 Å². The topological polar surface area (TPSA) is 29.3 Å². The van der Waals surface area contributed by atoms with Crippen LogP contribution in [0.25, 0.3) is 42.1 Å². The first kappa shape index (κ1) is 21.5. The van der Waals surface area contributed by atoms with Crippen molar-refractivity contribution in [3.05, 3.63) is 116 Å². The minimum absolute atomic E-state index is 0.155. The maximum atomic E-state index is 6.15. The smallest absolute Gasteiger partial charge is 0.250 e. The van der Waals surface area contributed by atoms with E-state index in [2.05, 4.69) is 107 Å². The molecule has 5 heterocycles. The zero-order valence-corrected chi connectivity index (χ0v) is 22.3. The number of furan rings is 1. The summed E-state index contributed by atoms with van der Waals surface area (Å²) < 4.78 is 8.78. The molecule has 182 valence electrons. The third kappa shape index (κ3) is 3.01. The summed E-state index contributed by atoms with van der Waals surface area (Å²) in [5, 5.41) is 7.36. The number of fused-ring (bicyclic) bond motifs is 9. The Morgan fingerprint density at radius 2 is 1.26 bits per heavy atom. The summed E-state index contributed by atoms with van der Waals surface area (Å²) in [6.45, 7) is 0.155. The molecule has 6 heteroatoms. The van der Waals surface area contributed by atoms with Gasteiger partial charge in [0.1, 0.15) is 11.2 Å². The second kappa shape index (κ2) is 8.06. The monoisotopic (exact) mass is 534 g/mol. The van der Waals surface area contributed by atoms with Gasteiger partial charge in [-0.05, 0) is 58.1 Å². The van der Waals surface area contributed by atoms with Crippen molar-refractivity contribution >= 4 is 104 Å². The summed E-state index contributed by atoms with van der Waals surface area (Å²) in [7, 11) is 0. The number of rotatable bonds is 2. The Labute approximate surface area is 232 Å². The fraction of sp³-hybridized carbons (Fsp3) is 0. The van der Waals surface area contributed by atoms with Gasteiger partial charge in [0.15, 0.2) is 0 Å². The molecule has 0 saturated carbocycles. The summed E-state index contributed by atoms with van der Waals surface area (Å²) in [5.41, 5.74) is 6.99. The highest BCUT2D eigenvalue weighted by Gasteiger charge is 2.40. The van der Waals surface area contributed by atoms with Crippen LogP contribution in [-0.2, 0) is 0 Å². The van der Waals surface area contributed by atoms with Crippen molar-refractivity contribution in [3.8, 4) is 0 Å². The van der Waals surface area contributed by atoms with Crippen LogP contribution in [0.1, 0.15) is 0 Å². The lowest BCUT2D eigenvalue weighted by atomic mass is 9.35. The zero-order chi connectivity index (χ0) is 25.5. The highest BCUT2D eigenvalue weighted by molar-refractivity contribution is 7.30. The van der Waals surface area contributed by atoms with Crippen LogP contribution >= 0.6 is 22.7 Å². The molecule has 8 aromatic rings. The van der Waals surface area contributed by atoms with Crippen LogP contribution in [0.2, 0.25) is 0 Å². The average molecular weight is 534 g/mol. The summed E-state index contributed by atoms with van der Waals surface area (Å²) in [5.74, 6) is 0. The standard InChI is InChI=1S/C33H19BN2OS2/c1-2-8-20(9-3-1)34-30-22-10-4-6-12-28(22)38-32(30)36(33-31(34)23-11-5-7-13-29(23)39-33)21-14-15-26-24(18-21)25-19-35-17-16-27(25)37-26/h1-19H. The molecule has 9 rings (SSSR count). The number of hydrogen-bond donors (Lipinski definition) is 0. The van der Waals surface area contributed by atoms with E-state index in [1.54, 1.807) is 6.20 Å². The second-order valence-electron chi connectivity index (χ2n) is 9.97. The van der Waals surface area contributed by atoms with E-state index in [0.29, 0.717) is 0 Å². The van der Waals surface area contributed by atoms with Crippen LogP contribution in [-0.4, -0.2) is 11.7 Å². The Hall–Kier alpha value is -4.39. The molecule has 4 aromatic carbocycles. The van der Waals surface area contributed by atoms with Crippen LogP contribution in [0.4, 0.5) is 15.7 Å². The lowest BCUT2D eigenvalue weighted by molar-refractivity contribution is 0.668. The normalized spacial score (nSPS) is 13.0. The molecule has 0 radical (unpaired) electrons. The fourth-order valence-electron chi connectivity index (χ4n) is 6.19. The number of nitrogens with zero attached hydrogens (tertiary/aromatic N) is 2. The van der Waals surface area contributed by atoms with Gasteiger partial charge in [-0.25, -0.2) is 0 Å². The first-order chi connectivity index (χ1) is 19.3. The molecule has 0 fully saturated rings. The van der Waals surface area contributed by atoms with Crippen molar-refractivity contribution in [2.24, 2.45) is 0 Å². The largest absolute Gasteiger partial charge is 0.456 e. The minimum Gasteiger partial charge on any atom is -0.456 e. The zero-order valence-electron chi connectivity index (χ0n) is 20.7. The molecule has 4 aromatic heterocycles. The van der Waals surface area contributed by atoms with Gasteiger partial charge in [0.2, 0.25) is 0 Å². The molecule has 39 heavy (non-hydrogen) atoms. The molecule has 0 unspecified atom stereocenters. The highest BCUT2D eigenvalue weighted by Crippen LogP contribution is 2.47. The van der Waals surface area contributed by atoms with E-state index < -0.39 is 0 Å². The van der Waals surface area contributed by atoms with Crippen LogP contribution in [0.15, 0.2) is 120 Å². The Morgan fingerprint density at radius 3 is 1.97 bits per heavy atom. The number of anilines is 3. The average Bonchev–Trinajstić information content (AvgIpc) is 3.67. The highest BCUT2D eigenvalue weighted by atomic mass is 32.1. The maximum absolute atomic E-state index is 6.15. The summed E-state index contributed by atoms with van der Waals surface area (Å²) in [6, 6.07) is 37.2. The lowest BCUT2D eigenvalue weighted by Gasteiger charge is -2.32. The van der Waals surface area contributed by atoms with Crippen molar-refractivity contribution in [2.45, 2.75) is 0 Å². The van der Waals surface area contributed by atoms with Gasteiger partial charge in [-0.2, -0.15) is 0 Å².